The van der Waals surface area contributed by atoms with Gasteiger partial charge in [0.15, 0.2) is 0 Å². The summed E-state index contributed by atoms with van der Waals surface area (Å²) in [5.74, 6) is 1.06. The van der Waals surface area contributed by atoms with Gasteiger partial charge in [0.05, 0.1) is 5.60 Å². The van der Waals surface area contributed by atoms with Crippen molar-refractivity contribution in [2.45, 2.75) is 50.7 Å². The van der Waals surface area contributed by atoms with Crippen molar-refractivity contribution in [2.24, 2.45) is 11.8 Å². The molecule has 3 aliphatic rings. The fourth-order valence-corrected chi connectivity index (χ4v) is 5.10. The maximum absolute atomic E-state index is 11.2. The van der Waals surface area contributed by atoms with E-state index in [0.717, 1.165) is 44.0 Å². The number of hydrogen-bond acceptors (Lipinski definition) is 3. The lowest BCUT2D eigenvalue weighted by atomic mass is 9.82. The molecular formula is C20H30N2O. The highest BCUT2D eigenvalue weighted by molar-refractivity contribution is 5.30. The van der Waals surface area contributed by atoms with Gasteiger partial charge in [0.2, 0.25) is 0 Å². The Kier molecular flexibility index (Phi) is 4.21. The van der Waals surface area contributed by atoms with Gasteiger partial charge in [-0.05, 0) is 69.2 Å². The number of fused-ring (bicyclic) bond motifs is 1. The number of aliphatic hydroxyl groups is 1. The van der Waals surface area contributed by atoms with Crippen LogP contribution in [0, 0.1) is 11.8 Å². The van der Waals surface area contributed by atoms with Crippen LogP contribution in [0.5, 0.6) is 0 Å². The third-order valence-electron chi connectivity index (χ3n) is 6.68. The summed E-state index contributed by atoms with van der Waals surface area (Å²) < 4.78 is 0. The summed E-state index contributed by atoms with van der Waals surface area (Å²) in [5.41, 5.74) is 1.93. The Labute approximate surface area is 140 Å². The number of benzene rings is 1. The second kappa shape index (κ2) is 6.19. The zero-order valence-corrected chi connectivity index (χ0v) is 14.3. The second-order valence-electron chi connectivity index (χ2n) is 7.96. The first-order valence-electron chi connectivity index (χ1n) is 9.43. The molecule has 0 aromatic heterocycles. The van der Waals surface area contributed by atoms with Crippen LogP contribution in [0.25, 0.3) is 0 Å². The minimum absolute atomic E-state index is 0.402. The SMILES string of the molecule is C[C@@H]1CCCN1CCc1ccc(C2(O)CC[C@@H]3CNCC32)cc1. The summed E-state index contributed by atoms with van der Waals surface area (Å²) >= 11 is 0. The van der Waals surface area contributed by atoms with Crippen molar-refractivity contribution in [1.29, 1.82) is 0 Å². The Morgan fingerprint density at radius 2 is 2.04 bits per heavy atom. The van der Waals surface area contributed by atoms with E-state index in [2.05, 4.69) is 41.4 Å². The molecule has 23 heavy (non-hydrogen) atoms. The van der Waals surface area contributed by atoms with Gasteiger partial charge in [-0.2, -0.15) is 0 Å². The normalized spacial score (nSPS) is 37.4. The Hall–Kier alpha value is -0.900. The zero-order valence-electron chi connectivity index (χ0n) is 14.3. The third kappa shape index (κ3) is 2.84. The molecule has 0 spiro atoms. The first-order chi connectivity index (χ1) is 11.2. The molecule has 0 bridgehead atoms. The number of hydrogen-bond donors (Lipinski definition) is 2. The van der Waals surface area contributed by atoms with Gasteiger partial charge in [0, 0.05) is 25.0 Å². The van der Waals surface area contributed by atoms with Crippen LogP contribution in [0.3, 0.4) is 0 Å². The van der Waals surface area contributed by atoms with Crippen molar-refractivity contribution in [3.05, 3.63) is 35.4 Å². The van der Waals surface area contributed by atoms with Gasteiger partial charge in [-0.3, -0.25) is 0 Å². The van der Waals surface area contributed by atoms with Crippen LogP contribution in [-0.2, 0) is 12.0 Å². The summed E-state index contributed by atoms with van der Waals surface area (Å²) in [6, 6.07) is 9.60. The van der Waals surface area contributed by atoms with Crippen LogP contribution in [-0.4, -0.2) is 42.2 Å². The van der Waals surface area contributed by atoms with E-state index in [1.54, 1.807) is 0 Å². The minimum atomic E-state index is -0.601. The van der Waals surface area contributed by atoms with Crippen molar-refractivity contribution >= 4 is 0 Å². The van der Waals surface area contributed by atoms with Crippen LogP contribution < -0.4 is 5.32 Å². The van der Waals surface area contributed by atoms with Crippen molar-refractivity contribution in [3.8, 4) is 0 Å². The fourth-order valence-electron chi connectivity index (χ4n) is 5.10. The number of likely N-dealkylation sites (tertiary alicyclic amines) is 1. The Morgan fingerprint density at radius 1 is 1.22 bits per heavy atom. The van der Waals surface area contributed by atoms with Crippen LogP contribution >= 0.6 is 0 Å². The van der Waals surface area contributed by atoms with E-state index in [1.165, 1.54) is 31.5 Å². The van der Waals surface area contributed by atoms with Crippen LogP contribution in [0.1, 0.15) is 43.7 Å². The molecule has 1 saturated carbocycles. The van der Waals surface area contributed by atoms with Gasteiger partial charge >= 0.3 is 0 Å². The average molecular weight is 314 g/mol. The van der Waals surface area contributed by atoms with E-state index in [0.29, 0.717) is 11.8 Å². The minimum Gasteiger partial charge on any atom is -0.385 e. The van der Waals surface area contributed by atoms with Gasteiger partial charge in [0.1, 0.15) is 0 Å². The van der Waals surface area contributed by atoms with Crippen LogP contribution in [0.2, 0.25) is 0 Å². The number of rotatable bonds is 4. The van der Waals surface area contributed by atoms with E-state index in [9.17, 15) is 5.11 Å². The van der Waals surface area contributed by atoms with Gasteiger partial charge in [-0.1, -0.05) is 24.3 Å². The van der Waals surface area contributed by atoms with E-state index >= 15 is 0 Å². The molecule has 0 radical (unpaired) electrons. The first kappa shape index (κ1) is 15.6. The predicted molar refractivity (Wildman–Crippen MR) is 93.4 cm³/mol. The zero-order chi connectivity index (χ0) is 15.9. The van der Waals surface area contributed by atoms with Gasteiger partial charge in [-0.25, -0.2) is 0 Å². The number of nitrogens with one attached hydrogen (secondary N) is 1. The molecule has 1 aromatic carbocycles. The molecule has 1 aliphatic carbocycles. The molecule has 2 aliphatic heterocycles. The highest BCUT2D eigenvalue weighted by Crippen LogP contribution is 2.48. The Morgan fingerprint density at radius 3 is 2.78 bits per heavy atom. The fraction of sp³-hybridized carbons (Fsp3) is 0.700. The summed E-state index contributed by atoms with van der Waals surface area (Å²) in [5, 5.41) is 14.7. The lowest BCUT2D eigenvalue weighted by Gasteiger charge is -2.30. The second-order valence-corrected chi connectivity index (χ2v) is 7.96. The lowest BCUT2D eigenvalue weighted by molar-refractivity contribution is -0.00191. The molecule has 126 valence electrons. The monoisotopic (exact) mass is 314 g/mol. The van der Waals surface area contributed by atoms with Crippen LogP contribution in [0.15, 0.2) is 24.3 Å². The third-order valence-corrected chi connectivity index (χ3v) is 6.68. The predicted octanol–water partition coefficient (Wildman–Crippen LogP) is 2.53. The molecule has 2 heterocycles. The summed E-state index contributed by atoms with van der Waals surface area (Å²) in [4.78, 5) is 2.60. The molecule has 4 atom stereocenters. The van der Waals surface area contributed by atoms with Crippen molar-refractivity contribution in [3.63, 3.8) is 0 Å². The highest BCUT2D eigenvalue weighted by atomic mass is 16.3. The van der Waals surface area contributed by atoms with Crippen molar-refractivity contribution < 1.29 is 5.11 Å². The van der Waals surface area contributed by atoms with Crippen molar-refractivity contribution in [1.82, 2.24) is 10.2 Å². The standard InChI is InChI=1S/C20H30N2O/c1-15-3-2-11-22(15)12-9-16-4-6-18(7-5-16)20(23)10-8-17-13-21-14-19(17)20/h4-7,15,17,19,21,23H,2-3,8-14H2,1H3/t15-,17-,19?,20?/m1/s1. The van der Waals surface area contributed by atoms with E-state index in [1.807, 2.05) is 0 Å². The first-order valence-corrected chi connectivity index (χ1v) is 9.43. The van der Waals surface area contributed by atoms with Gasteiger partial charge in [0.25, 0.3) is 0 Å². The molecule has 1 aromatic rings. The molecule has 0 amide bonds. The number of nitrogens with zero attached hydrogens (tertiary/aromatic N) is 1. The molecule has 3 heteroatoms. The molecule has 2 saturated heterocycles. The van der Waals surface area contributed by atoms with E-state index in [4.69, 9.17) is 0 Å². The molecule has 3 fully saturated rings. The topological polar surface area (TPSA) is 35.5 Å². The van der Waals surface area contributed by atoms with Crippen molar-refractivity contribution in [2.75, 3.05) is 26.2 Å². The van der Waals surface area contributed by atoms with Crippen LogP contribution in [0.4, 0.5) is 0 Å². The molecule has 3 nitrogen and oxygen atoms in total. The summed E-state index contributed by atoms with van der Waals surface area (Å²) in [6.45, 7) is 6.82. The summed E-state index contributed by atoms with van der Waals surface area (Å²) in [6.07, 6.45) is 5.90. The van der Waals surface area contributed by atoms with E-state index < -0.39 is 5.60 Å². The maximum Gasteiger partial charge on any atom is 0.0939 e. The Bertz CT molecular complexity index is 543. The van der Waals surface area contributed by atoms with Gasteiger partial charge < -0.3 is 15.3 Å². The molecule has 2 N–H and O–H groups in total. The quantitative estimate of drug-likeness (QED) is 0.896. The lowest BCUT2D eigenvalue weighted by Crippen LogP contribution is -2.33. The molecular weight excluding hydrogens is 284 g/mol. The highest BCUT2D eigenvalue weighted by Gasteiger charge is 2.50. The Balaban J connectivity index is 1.41. The molecule has 4 rings (SSSR count). The maximum atomic E-state index is 11.2. The molecule has 2 unspecified atom stereocenters. The van der Waals surface area contributed by atoms with E-state index in [-0.39, 0.29) is 0 Å². The summed E-state index contributed by atoms with van der Waals surface area (Å²) in [7, 11) is 0. The largest absolute Gasteiger partial charge is 0.385 e. The van der Waals surface area contributed by atoms with Gasteiger partial charge in [-0.15, -0.1) is 0 Å². The smallest absolute Gasteiger partial charge is 0.0939 e. The average Bonchev–Trinajstić information content (AvgIpc) is 3.26.